The number of benzene rings is 1. The summed E-state index contributed by atoms with van der Waals surface area (Å²) in [6.07, 6.45) is 3.80. The van der Waals surface area contributed by atoms with Gasteiger partial charge in [0.15, 0.2) is 0 Å². The van der Waals surface area contributed by atoms with Crippen LogP contribution < -0.4 is 5.32 Å². The van der Waals surface area contributed by atoms with Crippen LogP contribution in [0.4, 0.5) is 0 Å². The van der Waals surface area contributed by atoms with Crippen LogP contribution in [0.25, 0.3) is 0 Å². The van der Waals surface area contributed by atoms with E-state index in [-0.39, 0.29) is 16.4 Å². The maximum absolute atomic E-state index is 12.7. The number of methoxy groups -OCH3 is 1. The Morgan fingerprint density at radius 3 is 2.50 bits per heavy atom. The number of thioether (sulfide) groups is 1. The maximum atomic E-state index is 12.7. The molecule has 2 aliphatic rings. The molecule has 1 unspecified atom stereocenters. The summed E-state index contributed by atoms with van der Waals surface area (Å²) < 4.78 is 32.4. The Balaban J connectivity index is 1.64. The van der Waals surface area contributed by atoms with Crippen molar-refractivity contribution in [2.45, 2.75) is 36.2 Å². The number of piperidine rings is 1. The van der Waals surface area contributed by atoms with E-state index in [2.05, 4.69) is 5.32 Å². The van der Waals surface area contributed by atoms with Crippen LogP contribution in [0.15, 0.2) is 29.2 Å². The van der Waals surface area contributed by atoms with Gasteiger partial charge in [0.2, 0.25) is 10.0 Å². The number of ether oxygens (including phenoxy) is 1. The first-order valence-electron chi connectivity index (χ1n) is 8.98. The van der Waals surface area contributed by atoms with Gasteiger partial charge in [-0.25, -0.2) is 8.42 Å². The van der Waals surface area contributed by atoms with E-state index in [1.807, 2.05) is 11.8 Å². The van der Waals surface area contributed by atoms with Crippen molar-refractivity contribution in [3.63, 3.8) is 0 Å². The van der Waals surface area contributed by atoms with Gasteiger partial charge in [0.1, 0.15) is 0 Å². The smallest absolute Gasteiger partial charge is 0.251 e. The largest absolute Gasteiger partial charge is 0.376 e. The molecule has 0 aliphatic carbocycles. The highest BCUT2D eigenvalue weighted by molar-refractivity contribution is 7.99. The van der Waals surface area contributed by atoms with Crippen LogP contribution in [0.5, 0.6) is 0 Å². The quantitative estimate of drug-likeness (QED) is 0.794. The fraction of sp³-hybridized carbons (Fsp3) is 0.611. The zero-order valence-corrected chi connectivity index (χ0v) is 16.7. The molecule has 144 valence electrons. The van der Waals surface area contributed by atoms with Crippen LogP contribution in [0.1, 0.15) is 36.0 Å². The molecule has 6 nitrogen and oxygen atoms in total. The zero-order valence-electron chi connectivity index (χ0n) is 15.1. The fourth-order valence-corrected chi connectivity index (χ4v) is 6.25. The molecule has 1 atom stereocenters. The summed E-state index contributed by atoms with van der Waals surface area (Å²) >= 11 is 1.82. The molecule has 0 aromatic heterocycles. The third kappa shape index (κ3) is 4.24. The summed E-state index contributed by atoms with van der Waals surface area (Å²) in [5, 5.41) is 2.92. The molecular formula is C18H26N2O4S2. The van der Waals surface area contributed by atoms with E-state index < -0.39 is 10.0 Å². The van der Waals surface area contributed by atoms with Crippen molar-refractivity contribution in [1.82, 2.24) is 9.62 Å². The van der Waals surface area contributed by atoms with Crippen LogP contribution in [0.3, 0.4) is 0 Å². The van der Waals surface area contributed by atoms with Gasteiger partial charge < -0.3 is 10.1 Å². The average Bonchev–Trinajstić information content (AvgIpc) is 3.16. The van der Waals surface area contributed by atoms with Crippen LogP contribution in [-0.2, 0) is 14.8 Å². The Morgan fingerprint density at radius 2 is 1.92 bits per heavy atom. The van der Waals surface area contributed by atoms with Crippen molar-refractivity contribution in [3.05, 3.63) is 29.8 Å². The maximum Gasteiger partial charge on any atom is 0.251 e. The zero-order chi connectivity index (χ0) is 18.6. The van der Waals surface area contributed by atoms with E-state index in [4.69, 9.17) is 4.74 Å². The second-order valence-corrected chi connectivity index (χ2v) is 9.90. The summed E-state index contributed by atoms with van der Waals surface area (Å²) in [5.41, 5.74) is 0.164. The van der Waals surface area contributed by atoms with Crippen LogP contribution in [0, 0.1) is 0 Å². The van der Waals surface area contributed by atoms with Gasteiger partial charge in [0.05, 0.1) is 10.5 Å². The molecule has 0 bridgehead atoms. The molecule has 0 spiro atoms. The Hall–Kier alpha value is -1.09. The molecule has 2 heterocycles. The lowest BCUT2D eigenvalue weighted by Crippen LogP contribution is -2.44. The number of carbonyl (C=O) groups excluding carboxylic acids is 1. The molecule has 1 aromatic carbocycles. The molecule has 1 amide bonds. The first-order valence-corrected chi connectivity index (χ1v) is 11.6. The van der Waals surface area contributed by atoms with Gasteiger partial charge in [-0.1, -0.05) is 6.42 Å². The third-order valence-corrected chi connectivity index (χ3v) is 8.28. The normalized spacial score (nSPS) is 24.5. The van der Waals surface area contributed by atoms with Gasteiger partial charge in [0, 0.05) is 38.1 Å². The summed E-state index contributed by atoms with van der Waals surface area (Å²) in [7, 11) is -1.79. The van der Waals surface area contributed by atoms with E-state index in [0.29, 0.717) is 25.2 Å². The Labute approximate surface area is 159 Å². The number of nitrogens with zero attached hydrogens (tertiary/aromatic N) is 1. The number of rotatable bonds is 6. The first kappa shape index (κ1) is 19.7. The fourth-order valence-electron chi connectivity index (χ4n) is 3.34. The average molecular weight is 399 g/mol. The third-order valence-electron chi connectivity index (χ3n) is 5.14. The summed E-state index contributed by atoms with van der Waals surface area (Å²) in [6, 6.07) is 6.21. The predicted molar refractivity (Wildman–Crippen MR) is 103 cm³/mol. The highest BCUT2D eigenvalue weighted by Gasteiger charge is 2.34. The molecule has 2 saturated heterocycles. The number of nitrogens with one attached hydrogen (secondary N) is 1. The summed E-state index contributed by atoms with van der Waals surface area (Å²) in [4.78, 5) is 12.6. The predicted octanol–water partition coefficient (Wildman–Crippen LogP) is 2.11. The van der Waals surface area contributed by atoms with Gasteiger partial charge in [0.25, 0.3) is 5.91 Å². The van der Waals surface area contributed by atoms with Gasteiger partial charge in [-0.2, -0.15) is 16.1 Å². The standard InChI is InChI=1S/C18H26N2O4S2/c1-24-18(9-12-25-14-18)13-19-17(21)15-5-7-16(8-6-15)26(22,23)20-10-3-2-4-11-20/h5-8H,2-4,9-14H2,1H3,(H,19,21). The molecule has 26 heavy (non-hydrogen) atoms. The molecule has 8 heteroatoms. The van der Waals surface area contributed by atoms with Crippen molar-refractivity contribution < 1.29 is 17.9 Å². The van der Waals surface area contributed by atoms with Crippen molar-refractivity contribution in [3.8, 4) is 0 Å². The molecule has 1 aromatic rings. The van der Waals surface area contributed by atoms with Gasteiger partial charge in [-0.15, -0.1) is 0 Å². The number of hydrogen-bond acceptors (Lipinski definition) is 5. The van der Waals surface area contributed by atoms with Crippen molar-refractivity contribution in [1.29, 1.82) is 0 Å². The second-order valence-electron chi connectivity index (χ2n) is 6.86. The Morgan fingerprint density at radius 1 is 1.23 bits per heavy atom. The lowest BCUT2D eigenvalue weighted by molar-refractivity contribution is 0.0137. The van der Waals surface area contributed by atoms with E-state index in [0.717, 1.165) is 37.2 Å². The van der Waals surface area contributed by atoms with E-state index in [1.54, 1.807) is 19.2 Å². The Kier molecular flexibility index (Phi) is 6.27. The minimum atomic E-state index is -3.46. The summed E-state index contributed by atoms with van der Waals surface area (Å²) in [5.74, 6) is 1.70. The molecule has 2 fully saturated rings. The number of sulfonamides is 1. The summed E-state index contributed by atoms with van der Waals surface area (Å²) in [6.45, 7) is 1.60. The van der Waals surface area contributed by atoms with E-state index in [1.165, 1.54) is 16.4 Å². The highest BCUT2D eigenvalue weighted by Crippen LogP contribution is 2.30. The number of amides is 1. The van der Waals surface area contributed by atoms with Crippen molar-refractivity contribution in [2.24, 2.45) is 0 Å². The van der Waals surface area contributed by atoms with Crippen LogP contribution in [0.2, 0.25) is 0 Å². The minimum Gasteiger partial charge on any atom is -0.376 e. The van der Waals surface area contributed by atoms with Crippen molar-refractivity contribution >= 4 is 27.7 Å². The number of carbonyl (C=O) groups is 1. The van der Waals surface area contributed by atoms with Crippen molar-refractivity contribution in [2.75, 3.05) is 38.2 Å². The van der Waals surface area contributed by atoms with Gasteiger partial charge in [-0.3, -0.25) is 4.79 Å². The minimum absolute atomic E-state index is 0.208. The van der Waals surface area contributed by atoms with Gasteiger partial charge >= 0.3 is 0 Å². The molecule has 0 saturated carbocycles. The Bertz CT molecular complexity index is 722. The number of hydrogen-bond donors (Lipinski definition) is 1. The highest BCUT2D eigenvalue weighted by atomic mass is 32.2. The second kappa shape index (κ2) is 8.29. The molecule has 3 rings (SSSR count). The van der Waals surface area contributed by atoms with E-state index >= 15 is 0 Å². The van der Waals surface area contributed by atoms with E-state index in [9.17, 15) is 13.2 Å². The van der Waals surface area contributed by atoms with Gasteiger partial charge in [-0.05, 0) is 49.3 Å². The van der Waals surface area contributed by atoms with Crippen LogP contribution >= 0.6 is 11.8 Å². The molecule has 2 aliphatic heterocycles. The topological polar surface area (TPSA) is 75.7 Å². The molecular weight excluding hydrogens is 372 g/mol. The first-order chi connectivity index (χ1) is 12.5. The molecule has 0 radical (unpaired) electrons. The lowest BCUT2D eigenvalue weighted by atomic mass is 10.0. The van der Waals surface area contributed by atoms with Crippen LogP contribution in [-0.4, -0.2) is 62.5 Å². The SMILES string of the molecule is COC1(CNC(=O)c2ccc(S(=O)(=O)N3CCCCC3)cc2)CCSC1. The lowest BCUT2D eigenvalue weighted by Gasteiger charge is -2.27. The monoisotopic (exact) mass is 398 g/mol. The molecule has 1 N–H and O–H groups in total.